The molecule has 1 aromatic heterocycles. The van der Waals surface area contributed by atoms with Crippen LogP contribution < -0.4 is 0 Å². The van der Waals surface area contributed by atoms with Crippen molar-refractivity contribution in [2.75, 3.05) is 27.3 Å². The lowest BCUT2D eigenvalue weighted by Crippen LogP contribution is -2.27. The fourth-order valence-corrected chi connectivity index (χ4v) is 3.50. The van der Waals surface area contributed by atoms with E-state index in [1.54, 1.807) is 32.7 Å². The summed E-state index contributed by atoms with van der Waals surface area (Å²) in [6.07, 6.45) is 0.807. The van der Waals surface area contributed by atoms with E-state index in [0.29, 0.717) is 36.0 Å². The van der Waals surface area contributed by atoms with E-state index in [1.807, 2.05) is 6.92 Å². The van der Waals surface area contributed by atoms with Crippen LogP contribution in [0, 0.1) is 13.8 Å². The lowest BCUT2D eigenvalue weighted by Gasteiger charge is -2.15. The summed E-state index contributed by atoms with van der Waals surface area (Å²) in [5.74, 6) is 0. The summed E-state index contributed by atoms with van der Waals surface area (Å²) < 4.78 is 32.9. The van der Waals surface area contributed by atoms with Gasteiger partial charge in [-0.3, -0.25) is 4.68 Å². The van der Waals surface area contributed by atoms with Crippen molar-refractivity contribution < 1.29 is 13.2 Å². The molecule has 1 heterocycles. The SMILES string of the molecule is CCN(C)S(=O)(=O)c1c(C)nn(CCCOC)c1C. The predicted molar refractivity (Wildman–Crippen MR) is 73.7 cm³/mol. The molecule has 0 aliphatic rings. The van der Waals surface area contributed by atoms with Gasteiger partial charge in [-0.1, -0.05) is 6.92 Å². The molecule has 0 aromatic carbocycles. The molecule has 0 saturated heterocycles. The summed E-state index contributed by atoms with van der Waals surface area (Å²) >= 11 is 0. The van der Waals surface area contributed by atoms with E-state index in [2.05, 4.69) is 5.10 Å². The quantitative estimate of drug-likeness (QED) is 0.707. The van der Waals surface area contributed by atoms with Gasteiger partial charge in [0.05, 0.1) is 11.4 Å². The summed E-state index contributed by atoms with van der Waals surface area (Å²) in [5, 5.41) is 4.32. The number of aryl methyl sites for hydroxylation is 2. The predicted octanol–water partition coefficient (Wildman–Crippen LogP) is 1.18. The average Bonchev–Trinajstić information content (AvgIpc) is 2.64. The number of aromatic nitrogens is 2. The van der Waals surface area contributed by atoms with Gasteiger partial charge in [0.25, 0.3) is 0 Å². The molecule has 0 bridgehead atoms. The first-order chi connectivity index (χ1) is 8.86. The molecule has 0 fully saturated rings. The Morgan fingerprint density at radius 2 is 2.00 bits per heavy atom. The van der Waals surface area contributed by atoms with E-state index in [0.717, 1.165) is 6.42 Å². The van der Waals surface area contributed by atoms with Crippen LogP contribution in [0.4, 0.5) is 0 Å². The third-order valence-electron chi connectivity index (χ3n) is 3.15. The van der Waals surface area contributed by atoms with Crippen LogP contribution in [0.15, 0.2) is 4.90 Å². The second-order valence-electron chi connectivity index (χ2n) is 4.49. The zero-order valence-electron chi connectivity index (χ0n) is 12.3. The number of rotatable bonds is 7. The van der Waals surface area contributed by atoms with E-state index in [-0.39, 0.29) is 0 Å². The normalized spacial score (nSPS) is 12.3. The molecular weight excluding hydrogens is 266 g/mol. The molecule has 7 heteroatoms. The van der Waals surface area contributed by atoms with Crippen LogP contribution >= 0.6 is 0 Å². The third kappa shape index (κ3) is 3.34. The number of ether oxygens (including phenoxy) is 1. The summed E-state index contributed by atoms with van der Waals surface area (Å²) in [6.45, 7) is 7.07. The van der Waals surface area contributed by atoms with Crippen molar-refractivity contribution in [3.05, 3.63) is 11.4 Å². The number of nitrogens with zero attached hydrogens (tertiary/aromatic N) is 3. The smallest absolute Gasteiger partial charge is 0.246 e. The Bertz CT molecular complexity index is 523. The van der Waals surface area contributed by atoms with E-state index in [1.165, 1.54) is 4.31 Å². The van der Waals surface area contributed by atoms with Gasteiger partial charge >= 0.3 is 0 Å². The molecule has 6 nitrogen and oxygen atoms in total. The first-order valence-corrected chi connectivity index (χ1v) is 7.79. The van der Waals surface area contributed by atoms with Crippen molar-refractivity contribution in [1.82, 2.24) is 14.1 Å². The lowest BCUT2D eigenvalue weighted by atomic mass is 10.4. The molecule has 110 valence electrons. The first kappa shape index (κ1) is 16.1. The molecule has 1 aromatic rings. The maximum Gasteiger partial charge on any atom is 0.246 e. The van der Waals surface area contributed by atoms with Crippen LogP contribution in [0.3, 0.4) is 0 Å². The standard InChI is InChI=1S/C12H23N3O3S/c1-6-14(4)19(16,17)12-10(2)13-15(11(12)3)8-7-9-18-5/h6-9H2,1-5H3. The van der Waals surface area contributed by atoms with Crippen LogP contribution in [0.25, 0.3) is 0 Å². The zero-order chi connectivity index (χ0) is 14.6. The van der Waals surface area contributed by atoms with Gasteiger partial charge in [-0.2, -0.15) is 5.10 Å². The van der Waals surface area contributed by atoms with Gasteiger partial charge in [-0.25, -0.2) is 12.7 Å². The van der Waals surface area contributed by atoms with Crippen molar-refractivity contribution in [2.45, 2.75) is 38.6 Å². The van der Waals surface area contributed by atoms with Crippen LogP contribution in [-0.2, 0) is 21.3 Å². The molecule has 0 aliphatic heterocycles. The zero-order valence-corrected chi connectivity index (χ0v) is 13.1. The highest BCUT2D eigenvalue weighted by Crippen LogP contribution is 2.22. The molecule has 0 unspecified atom stereocenters. The second kappa shape index (κ2) is 6.49. The summed E-state index contributed by atoms with van der Waals surface area (Å²) in [5.41, 5.74) is 1.24. The van der Waals surface area contributed by atoms with Gasteiger partial charge in [0, 0.05) is 33.9 Å². The Labute approximate surface area is 115 Å². The Hall–Kier alpha value is -0.920. The monoisotopic (exact) mass is 289 g/mol. The highest BCUT2D eigenvalue weighted by Gasteiger charge is 2.27. The van der Waals surface area contributed by atoms with Gasteiger partial charge < -0.3 is 4.74 Å². The van der Waals surface area contributed by atoms with Crippen LogP contribution in [0.5, 0.6) is 0 Å². The summed E-state index contributed by atoms with van der Waals surface area (Å²) in [6, 6.07) is 0. The van der Waals surface area contributed by atoms with Crippen molar-refractivity contribution >= 4 is 10.0 Å². The minimum absolute atomic E-state index is 0.328. The van der Waals surface area contributed by atoms with Gasteiger partial charge in [-0.05, 0) is 20.3 Å². The molecule has 0 spiro atoms. The van der Waals surface area contributed by atoms with E-state index < -0.39 is 10.0 Å². The Morgan fingerprint density at radius 3 is 2.53 bits per heavy atom. The largest absolute Gasteiger partial charge is 0.385 e. The Morgan fingerprint density at radius 1 is 1.37 bits per heavy atom. The molecule has 19 heavy (non-hydrogen) atoms. The lowest BCUT2D eigenvalue weighted by molar-refractivity contribution is 0.188. The van der Waals surface area contributed by atoms with Gasteiger partial charge in [0.15, 0.2) is 0 Å². The fourth-order valence-electron chi connectivity index (χ4n) is 1.96. The molecule has 1 rings (SSSR count). The molecule has 0 aliphatic carbocycles. The van der Waals surface area contributed by atoms with Crippen LogP contribution in [-0.4, -0.2) is 49.8 Å². The molecule has 0 amide bonds. The summed E-state index contributed by atoms with van der Waals surface area (Å²) in [4.78, 5) is 0.328. The maximum absolute atomic E-state index is 12.4. The van der Waals surface area contributed by atoms with Gasteiger partial charge in [0.1, 0.15) is 4.90 Å². The van der Waals surface area contributed by atoms with E-state index >= 15 is 0 Å². The van der Waals surface area contributed by atoms with Crippen LogP contribution in [0.1, 0.15) is 24.7 Å². The fraction of sp³-hybridized carbons (Fsp3) is 0.750. The molecular formula is C12H23N3O3S. The average molecular weight is 289 g/mol. The van der Waals surface area contributed by atoms with Crippen molar-refractivity contribution in [3.63, 3.8) is 0 Å². The van der Waals surface area contributed by atoms with E-state index in [9.17, 15) is 8.42 Å². The molecule has 0 radical (unpaired) electrons. The highest BCUT2D eigenvalue weighted by atomic mass is 32.2. The topological polar surface area (TPSA) is 64.4 Å². The number of hydrogen-bond donors (Lipinski definition) is 0. The Kier molecular flexibility index (Phi) is 5.51. The summed E-state index contributed by atoms with van der Waals surface area (Å²) in [7, 11) is -0.215. The molecule has 0 saturated carbocycles. The minimum Gasteiger partial charge on any atom is -0.385 e. The van der Waals surface area contributed by atoms with Gasteiger partial charge in [0.2, 0.25) is 10.0 Å². The molecule has 0 atom stereocenters. The van der Waals surface area contributed by atoms with Crippen molar-refractivity contribution in [2.24, 2.45) is 0 Å². The Balaban J connectivity index is 3.10. The van der Waals surface area contributed by atoms with Crippen molar-refractivity contribution in [1.29, 1.82) is 0 Å². The molecule has 0 N–H and O–H groups in total. The van der Waals surface area contributed by atoms with E-state index in [4.69, 9.17) is 4.74 Å². The van der Waals surface area contributed by atoms with Gasteiger partial charge in [-0.15, -0.1) is 0 Å². The number of methoxy groups -OCH3 is 1. The first-order valence-electron chi connectivity index (χ1n) is 6.35. The second-order valence-corrected chi connectivity index (χ2v) is 6.47. The van der Waals surface area contributed by atoms with Crippen molar-refractivity contribution in [3.8, 4) is 0 Å². The third-order valence-corrected chi connectivity index (χ3v) is 5.33. The maximum atomic E-state index is 12.4. The number of hydrogen-bond acceptors (Lipinski definition) is 4. The highest BCUT2D eigenvalue weighted by molar-refractivity contribution is 7.89. The van der Waals surface area contributed by atoms with Crippen LogP contribution in [0.2, 0.25) is 0 Å². The number of sulfonamides is 1. The minimum atomic E-state index is -3.44.